The van der Waals surface area contributed by atoms with Gasteiger partial charge in [-0.1, -0.05) is 0 Å². The number of rotatable bonds is 2. The van der Waals surface area contributed by atoms with Crippen molar-refractivity contribution in [2.75, 3.05) is 13.1 Å². The molecule has 0 spiro atoms. The monoisotopic (exact) mass is 285 g/mol. The number of nitrogens with zero attached hydrogens (tertiary/aromatic N) is 2. The van der Waals surface area contributed by atoms with Gasteiger partial charge in [-0.2, -0.15) is 0 Å². The van der Waals surface area contributed by atoms with E-state index >= 15 is 0 Å². The van der Waals surface area contributed by atoms with Crippen LogP contribution in [0, 0.1) is 0 Å². The molecular weight excluding hydrogens is 270 g/mol. The molecule has 2 rings (SSSR count). The lowest BCUT2D eigenvalue weighted by Crippen LogP contribution is -2.33. The van der Waals surface area contributed by atoms with E-state index in [9.17, 15) is 4.79 Å². The van der Waals surface area contributed by atoms with Crippen molar-refractivity contribution in [2.45, 2.75) is 25.9 Å². The van der Waals surface area contributed by atoms with Crippen LogP contribution in [-0.4, -0.2) is 34.5 Å². The van der Waals surface area contributed by atoms with E-state index in [1.807, 2.05) is 28.7 Å². The van der Waals surface area contributed by atoms with Gasteiger partial charge in [0.1, 0.15) is 5.69 Å². The van der Waals surface area contributed by atoms with Crippen LogP contribution in [0.2, 0.25) is 0 Å². The highest BCUT2D eigenvalue weighted by Crippen LogP contribution is 2.18. The summed E-state index contributed by atoms with van der Waals surface area (Å²) in [5.74, 6) is 0.0838. The summed E-state index contributed by atoms with van der Waals surface area (Å²) >= 11 is 3.40. The molecule has 1 saturated heterocycles. The number of carbonyl (C=O) groups excluding carboxylic acids is 1. The van der Waals surface area contributed by atoms with Gasteiger partial charge in [-0.3, -0.25) is 4.79 Å². The summed E-state index contributed by atoms with van der Waals surface area (Å²) in [6, 6.07) is 2.01. The summed E-state index contributed by atoms with van der Waals surface area (Å²) in [5, 5.41) is 0. The Hall–Kier alpha value is -0.810. The van der Waals surface area contributed by atoms with Gasteiger partial charge in [-0.05, 0) is 35.3 Å². The Morgan fingerprint density at radius 3 is 3.00 bits per heavy atom. The third-order valence-corrected chi connectivity index (χ3v) is 3.37. The van der Waals surface area contributed by atoms with Crippen molar-refractivity contribution in [3.05, 3.63) is 22.4 Å². The van der Waals surface area contributed by atoms with Gasteiger partial charge in [0.25, 0.3) is 5.91 Å². The second-order valence-electron chi connectivity index (χ2n) is 4.13. The number of aromatic nitrogens is 1. The molecule has 0 bridgehead atoms. The average Bonchev–Trinajstić information content (AvgIpc) is 2.83. The topological polar surface area (TPSA) is 51.3 Å². The molecule has 0 radical (unpaired) electrons. The van der Waals surface area contributed by atoms with Gasteiger partial charge in [0.2, 0.25) is 0 Å². The molecule has 2 heterocycles. The molecule has 1 aliphatic heterocycles. The Kier molecular flexibility index (Phi) is 3.35. The van der Waals surface area contributed by atoms with Crippen LogP contribution in [0.25, 0.3) is 0 Å². The van der Waals surface area contributed by atoms with E-state index in [1.165, 1.54) is 0 Å². The molecule has 1 fully saturated rings. The van der Waals surface area contributed by atoms with Gasteiger partial charge in [0.15, 0.2) is 0 Å². The Balaban J connectivity index is 2.20. The zero-order chi connectivity index (χ0) is 11.7. The summed E-state index contributed by atoms with van der Waals surface area (Å²) in [5.41, 5.74) is 6.55. The molecule has 16 heavy (non-hydrogen) atoms. The Labute approximate surface area is 104 Å². The van der Waals surface area contributed by atoms with Crippen LogP contribution in [0.5, 0.6) is 0 Å². The zero-order valence-electron chi connectivity index (χ0n) is 9.32. The predicted octanol–water partition coefficient (Wildman–Crippen LogP) is 1.44. The Bertz CT molecular complexity index is 402. The maximum Gasteiger partial charge on any atom is 0.270 e. The number of carbonyl (C=O) groups is 1. The molecule has 2 N–H and O–H groups in total. The average molecular weight is 286 g/mol. The number of halogens is 1. The first-order valence-electron chi connectivity index (χ1n) is 5.52. The first-order valence-corrected chi connectivity index (χ1v) is 6.31. The number of amides is 1. The predicted molar refractivity (Wildman–Crippen MR) is 66.3 cm³/mol. The second kappa shape index (κ2) is 4.59. The highest BCUT2D eigenvalue weighted by molar-refractivity contribution is 9.10. The lowest BCUT2D eigenvalue weighted by molar-refractivity contribution is 0.0780. The number of hydrogen-bond acceptors (Lipinski definition) is 2. The molecule has 88 valence electrons. The highest BCUT2D eigenvalue weighted by Gasteiger charge is 2.26. The molecule has 1 aromatic rings. The quantitative estimate of drug-likeness (QED) is 0.894. The van der Waals surface area contributed by atoms with Crippen molar-refractivity contribution in [1.29, 1.82) is 0 Å². The first kappa shape index (κ1) is 11.7. The second-order valence-corrected chi connectivity index (χ2v) is 5.05. The minimum atomic E-state index is 0.0838. The van der Waals surface area contributed by atoms with E-state index in [0.29, 0.717) is 6.54 Å². The Morgan fingerprint density at radius 2 is 2.44 bits per heavy atom. The summed E-state index contributed by atoms with van der Waals surface area (Å²) in [7, 11) is 0. The van der Waals surface area contributed by atoms with E-state index in [0.717, 1.165) is 29.7 Å². The van der Waals surface area contributed by atoms with Gasteiger partial charge in [0, 0.05) is 36.3 Å². The van der Waals surface area contributed by atoms with Crippen LogP contribution in [0.4, 0.5) is 0 Å². The van der Waals surface area contributed by atoms with Crippen LogP contribution in [0.1, 0.15) is 23.8 Å². The maximum atomic E-state index is 12.2. The summed E-state index contributed by atoms with van der Waals surface area (Å²) in [6.45, 7) is 4.27. The fourth-order valence-corrected chi connectivity index (χ4v) is 2.51. The van der Waals surface area contributed by atoms with Gasteiger partial charge < -0.3 is 15.2 Å². The molecule has 1 atom stereocenters. The van der Waals surface area contributed by atoms with E-state index in [2.05, 4.69) is 15.9 Å². The van der Waals surface area contributed by atoms with Gasteiger partial charge in [-0.25, -0.2) is 0 Å². The third kappa shape index (κ3) is 2.15. The van der Waals surface area contributed by atoms with Crippen LogP contribution >= 0.6 is 15.9 Å². The van der Waals surface area contributed by atoms with Gasteiger partial charge in [-0.15, -0.1) is 0 Å². The molecule has 1 aliphatic rings. The number of hydrogen-bond donors (Lipinski definition) is 1. The molecule has 1 amide bonds. The molecule has 0 saturated carbocycles. The summed E-state index contributed by atoms with van der Waals surface area (Å²) in [6.07, 6.45) is 2.84. The molecule has 4 nitrogen and oxygen atoms in total. The third-order valence-electron chi connectivity index (χ3n) is 2.93. The lowest BCUT2D eigenvalue weighted by Gasteiger charge is -2.16. The molecule has 5 heteroatoms. The number of likely N-dealkylation sites (tertiary alicyclic amines) is 1. The molecule has 0 aliphatic carbocycles. The van der Waals surface area contributed by atoms with Crippen molar-refractivity contribution in [3.63, 3.8) is 0 Å². The van der Waals surface area contributed by atoms with Crippen molar-refractivity contribution in [2.24, 2.45) is 5.73 Å². The van der Waals surface area contributed by atoms with Crippen LogP contribution in [0.3, 0.4) is 0 Å². The zero-order valence-corrected chi connectivity index (χ0v) is 10.9. The Morgan fingerprint density at radius 1 is 1.69 bits per heavy atom. The van der Waals surface area contributed by atoms with Crippen LogP contribution < -0.4 is 5.73 Å². The molecular formula is C11H16BrN3O. The van der Waals surface area contributed by atoms with E-state index in [-0.39, 0.29) is 11.9 Å². The van der Waals surface area contributed by atoms with Crippen molar-refractivity contribution in [3.8, 4) is 0 Å². The first-order chi connectivity index (χ1) is 7.61. The molecule has 1 aromatic heterocycles. The van der Waals surface area contributed by atoms with Crippen LogP contribution in [-0.2, 0) is 6.54 Å². The minimum absolute atomic E-state index is 0.0838. The number of nitrogens with two attached hydrogens (primary N) is 1. The van der Waals surface area contributed by atoms with Crippen molar-refractivity contribution < 1.29 is 4.79 Å². The normalized spacial score (nSPS) is 20.4. The summed E-state index contributed by atoms with van der Waals surface area (Å²) in [4.78, 5) is 14.0. The minimum Gasteiger partial charge on any atom is -0.343 e. The smallest absolute Gasteiger partial charge is 0.270 e. The standard InChI is InChI=1S/C11H16BrN3O/c1-2-14-6-8(12)5-10(14)11(16)15-4-3-9(13)7-15/h5-6,9H,2-4,7,13H2,1H3. The molecule has 0 aromatic carbocycles. The van der Waals surface area contributed by atoms with Gasteiger partial charge in [0.05, 0.1) is 0 Å². The lowest BCUT2D eigenvalue weighted by atomic mass is 10.3. The maximum absolute atomic E-state index is 12.2. The van der Waals surface area contributed by atoms with Gasteiger partial charge >= 0.3 is 0 Å². The van der Waals surface area contributed by atoms with Crippen molar-refractivity contribution >= 4 is 21.8 Å². The molecule has 1 unspecified atom stereocenters. The van der Waals surface area contributed by atoms with E-state index < -0.39 is 0 Å². The fourth-order valence-electron chi connectivity index (χ4n) is 2.05. The summed E-state index contributed by atoms with van der Waals surface area (Å²) < 4.78 is 2.90. The highest BCUT2D eigenvalue weighted by atomic mass is 79.9. The van der Waals surface area contributed by atoms with E-state index in [1.54, 1.807) is 0 Å². The number of aryl methyl sites for hydroxylation is 1. The van der Waals surface area contributed by atoms with Crippen LogP contribution in [0.15, 0.2) is 16.7 Å². The largest absolute Gasteiger partial charge is 0.343 e. The fraction of sp³-hybridized carbons (Fsp3) is 0.545. The van der Waals surface area contributed by atoms with E-state index in [4.69, 9.17) is 5.73 Å². The van der Waals surface area contributed by atoms with Crippen molar-refractivity contribution in [1.82, 2.24) is 9.47 Å². The SMILES string of the molecule is CCn1cc(Br)cc1C(=O)N1CCC(N)C1.